The second-order valence-corrected chi connectivity index (χ2v) is 9.79. The molecule has 0 aliphatic heterocycles. The average Bonchev–Trinajstić information content (AvgIpc) is 2.84. The third-order valence-electron chi connectivity index (χ3n) is 5.26. The maximum atomic E-state index is 13.3. The van der Waals surface area contributed by atoms with Crippen molar-refractivity contribution in [1.29, 1.82) is 0 Å². The van der Waals surface area contributed by atoms with E-state index in [2.05, 4.69) is 26.0 Å². The molecule has 35 heavy (non-hydrogen) atoms. The van der Waals surface area contributed by atoms with Gasteiger partial charge in [0, 0.05) is 16.0 Å². The van der Waals surface area contributed by atoms with Gasteiger partial charge in [0.2, 0.25) is 0 Å². The first-order valence-corrected chi connectivity index (χ1v) is 12.3. The number of nitrogens with zero attached hydrogens (tertiary/aromatic N) is 3. The summed E-state index contributed by atoms with van der Waals surface area (Å²) in [5, 5.41) is 5.92. The minimum absolute atomic E-state index is 0.0245. The maximum absolute atomic E-state index is 13.3. The Morgan fingerprint density at radius 3 is 2.63 bits per heavy atom. The van der Waals surface area contributed by atoms with Gasteiger partial charge >= 0.3 is 0 Å². The van der Waals surface area contributed by atoms with Crippen molar-refractivity contribution in [3.8, 4) is 11.5 Å². The SMILES string of the molecule is COc1cccc(C=Nn2c(C(C)C)nc3ccc(Br)cc3c2=O)c1OCc1ccc(Cl)c(Cl)c1. The van der Waals surface area contributed by atoms with E-state index in [1.54, 1.807) is 37.6 Å². The summed E-state index contributed by atoms with van der Waals surface area (Å²) >= 11 is 15.6. The highest BCUT2D eigenvalue weighted by Crippen LogP contribution is 2.32. The number of hydrogen-bond acceptors (Lipinski definition) is 5. The fourth-order valence-corrected chi connectivity index (χ4v) is 4.19. The van der Waals surface area contributed by atoms with Crippen LogP contribution >= 0.6 is 39.1 Å². The number of halogens is 3. The van der Waals surface area contributed by atoms with Gasteiger partial charge in [-0.05, 0) is 48.0 Å². The minimum Gasteiger partial charge on any atom is -0.493 e. The Bertz CT molecular complexity index is 1490. The molecule has 0 saturated carbocycles. The van der Waals surface area contributed by atoms with Crippen LogP contribution in [0.1, 0.15) is 36.7 Å². The lowest BCUT2D eigenvalue weighted by atomic mass is 10.2. The molecule has 0 atom stereocenters. The summed E-state index contributed by atoms with van der Waals surface area (Å²) in [5.74, 6) is 1.55. The molecule has 1 aromatic heterocycles. The summed E-state index contributed by atoms with van der Waals surface area (Å²) in [5.41, 5.74) is 1.86. The Morgan fingerprint density at radius 2 is 1.91 bits per heavy atom. The van der Waals surface area contributed by atoms with E-state index in [-0.39, 0.29) is 18.1 Å². The van der Waals surface area contributed by atoms with Gasteiger partial charge in [-0.1, -0.05) is 65.1 Å². The maximum Gasteiger partial charge on any atom is 0.282 e. The molecule has 6 nitrogen and oxygen atoms in total. The van der Waals surface area contributed by atoms with E-state index in [0.29, 0.717) is 43.8 Å². The van der Waals surface area contributed by atoms with Gasteiger partial charge < -0.3 is 9.47 Å². The summed E-state index contributed by atoms with van der Waals surface area (Å²) in [6.45, 7) is 4.17. The van der Waals surface area contributed by atoms with E-state index in [0.717, 1.165) is 10.0 Å². The van der Waals surface area contributed by atoms with Crippen molar-refractivity contribution >= 4 is 56.2 Å². The third kappa shape index (κ3) is 5.53. The van der Waals surface area contributed by atoms with Gasteiger partial charge in [-0.15, -0.1) is 0 Å². The lowest BCUT2D eigenvalue weighted by Gasteiger charge is -2.14. The minimum atomic E-state index is -0.252. The van der Waals surface area contributed by atoms with Crippen LogP contribution in [-0.4, -0.2) is 23.0 Å². The van der Waals surface area contributed by atoms with Gasteiger partial charge in [0.05, 0.1) is 34.3 Å². The number of ether oxygens (including phenoxy) is 2. The highest BCUT2D eigenvalue weighted by atomic mass is 79.9. The van der Waals surface area contributed by atoms with E-state index in [9.17, 15) is 4.79 Å². The number of rotatable bonds is 7. The number of fused-ring (bicyclic) bond motifs is 1. The Labute approximate surface area is 221 Å². The molecule has 1 heterocycles. The zero-order valence-electron chi connectivity index (χ0n) is 19.3. The zero-order valence-corrected chi connectivity index (χ0v) is 22.4. The van der Waals surface area contributed by atoms with Gasteiger partial charge in [0.15, 0.2) is 11.5 Å². The fourth-order valence-electron chi connectivity index (χ4n) is 3.51. The normalized spacial score (nSPS) is 11.5. The van der Waals surface area contributed by atoms with Crippen molar-refractivity contribution in [3.05, 3.63) is 96.4 Å². The van der Waals surface area contributed by atoms with Crippen molar-refractivity contribution in [2.75, 3.05) is 7.11 Å². The number of para-hydroxylation sites is 1. The standard InChI is InChI=1S/C26H22BrCl2N3O3/c1-15(2)25-31-22-10-8-18(27)12-19(22)26(33)32(25)30-13-17-5-4-6-23(34-3)24(17)35-14-16-7-9-20(28)21(29)11-16/h4-13,15H,14H2,1-3H3. The van der Waals surface area contributed by atoms with Crippen molar-refractivity contribution in [3.63, 3.8) is 0 Å². The molecule has 4 rings (SSSR count). The highest BCUT2D eigenvalue weighted by Gasteiger charge is 2.15. The van der Waals surface area contributed by atoms with Crippen LogP contribution in [0.25, 0.3) is 10.9 Å². The molecule has 0 radical (unpaired) electrons. The van der Waals surface area contributed by atoms with E-state index >= 15 is 0 Å². The summed E-state index contributed by atoms with van der Waals surface area (Å²) < 4.78 is 13.7. The third-order valence-corrected chi connectivity index (χ3v) is 6.49. The van der Waals surface area contributed by atoms with Gasteiger partial charge in [-0.25, -0.2) is 4.98 Å². The van der Waals surface area contributed by atoms with Gasteiger partial charge in [0.1, 0.15) is 12.4 Å². The first-order chi connectivity index (χ1) is 16.8. The van der Waals surface area contributed by atoms with Crippen molar-refractivity contribution in [2.45, 2.75) is 26.4 Å². The summed E-state index contributed by atoms with van der Waals surface area (Å²) in [6, 6.07) is 16.2. The van der Waals surface area contributed by atoms with Crippen molar-refractivity contribution < 1.29 is 9.47 Å². The second-order valence-electron chi connectivity index (χ2n) is 8.06. The van der Waals surface area contributed by atoms with Gasteiger partial charge in [-0.2, -0.15) is 9.78 Å². The number of hydrogen-bond donors (Lipinski definition) is 0. The van der Waals surface area contributed by atoms with Crippen molar-refractivity contribution in [2.24, 2.45) is 5.10 Å². The molecule has 0 unspecified atom stereocenters. The van der Waals surface area contributed by atoms with Crippen LogP contribution in [0, 0.1) is 0 Å². The van der Waals surface area contributed by atoms with Crippen LogP contribution in [0.15, 0.2) is 69.0 Å². The van der Waals surface area contributed by atoms with Crippen LogP contribution in [-0.2, 0) is 6.61 Å². The van der Waals surface area contributed by atoms with E-state index < -0.39 is 0 Å². The zero-order chi connectivity index (χ0) is 25.1. The molecular formula is C26H22BrCl2N3O3. The monoisotopic (exact) mass is 573 g/mol. The summed E-state index contributed by atoms with van der Waals surface area (Å²) in [4.78, 5) is 18.0. The first-order valence-electron chi connectivity index (χ1n) is 10.8. The molecule has 0 fully saturated rings. The van der Waals surface area contributed by atoms with Crippen LogP contribution in [0.2, 0.25) is 10.0 Å². The Morgan fingerprint density at radius 1 is 1.11 bits per heavy atom. The molecule has 0 aliphatic carbocycles. The Hall–Kier alpha value is -2.87. The molecule has 180 valence electrons. The predicted molar refractivity (Wildman–Crippen MR) is 145 cm³/mol. The molecule has 0 N–H and O–H groups in total. The summed E-state index contributed by atoms with van der Waals surface area (Å²) in [6.07, 6.45) is 1.57. The largest absolute Gasteiger partial charge is 0.493 e. The molecule has 0 saturated heterocycles. The molecule has 0 amide bonds. The fraction of sp³-hybridized carbons (Fsp3) is 0.192. The second kappa shape index (κ2) is 10.8. The van der Waals surface area contributed by atoms with Crippen LogP contribution < -0.4 is 15.0 Å². The Kier molecular flexibility index (Phi) is 7.79. The lowest BCUT2D eigenvalue weighted by Crippen LogP contribution is -2.23. The quantitative estimate of drug-likeness (QED) is 0.222. The summed E-state index contributed by atoms with van der Waals surface area (Å²) in [7, 11) is 1.56. The van der Waals surface area contributed by atoms with E-state index in [1.807, 2.05) is 44.2 Å². The van der Waals surface area contributed by atoms with Crippen LogP contribution in [0.4, 0.5) is 0 Å². The molecule has 0 bridgehead atoms. The predicted octanol–water partition coefficient (Wildman–Crippen LogP) is 7.06. The number of benzene rings is 3. The number of methoxy groups -OCH3 is 1. The topological polar surface area (TPSA) is 65.7 Å². The first kappa shape index (κ1) is 25.2. The van der Waals surface area contributed by atoms with Gasteiger partial charge in [-0.3, -0.25) is 4.79 Å². The molecule has 0 aliphatic rings. The molecule has 3 aromatic carbocycles. The average molecular weight is 575 g/mol. The molecule has 0 spiro atoms. The smallest absolute Gasteiger partial charge is 0.282 e. The Balaban J connectivity index is 1.75. The van der Waals surface area contributed by atoms with Crippen molar-refractivity contribution in [1.82, 2.24) is 9.66 Å². The highest BCUT2D eigenvalue weighted by molar-refractivity contribution is 9.10. The number of aromatic nitrogens is 2. The molecule has 4 aromatic rings. The van der Waals surface area contributed by atoms with E-state index in [4.69, 9.17) is 32.7 Å². The molecular weight excluding hydrogens is 553 g/mol. The van der Waals surface area contributed by atoms with E-state index in [1.165, 1.54) is 4.68 Å². The van der Waals surface area contributed by atoms with Crippen LogP contribution in [0.3, 0.4) is 0 Å². The van der Waals surface area contributed by atoms with Crippen LogP contribution in [0.5, 0.6) is 11.5 Å². The molecule has 9 heteroatoms. The lowest BCUT2D eigenvalue weighted by molar-refractivity contribution is 0.284. The van der Waals surface area contributed by atoms with Gasteiger partial charge in [0.25, 0.3) is 5.56 Å².